The van der Waals surface area contributed by atoms with E-state index in [4.69, 9.17) is 5.11 Å². The Kier molecular flexibility index (Phi) is 6.32. The zero-order chi connectivity index (χ0) is 14.3. The van der Waals surface area contributed by atoms with Gasteiger partial charge in [0.1, 0.15) is 0 Å². The number of hydrogen-bond donors (Lipinski definition) is 3. The van der Waals surface area contributed by atoms with Gasteiger partial charge in [-0.3, -0.25) is 14.9 Å². The van der Waals surface area contributed by atoms with E-state index >= 15 is 0 Å². The summed E-state index contributed by atoms with van der Waals surface area (Å²) in [5.41, 5.74) is 0. The molecule has 1 saturated carbocycles. The van der Waals surface area contributed by atoms with Crippen LogP contribution in [-0.4, -0.2) is 29.1 Å². The summed E-state index contributed by atoms with van der Waals surface area (Å²) in [5, 5.41) is 13.5. The van der Waals surface area contributed by atoms with E-state index in [2.05, 4.69) is 17.6 Å². The molecular formula is C13H22N2O4. The number of amides is 3. The van der Waals surface area contributed by atoms with Gasteiger partial charge in [-0.25, -0.2) is 4.79 Å². The van der Waals surface area contributed by atoms with Gasteiger partial charge in [-0.1, -0.05) is 19.8 Å². The molecule has 2 atom stereocenters. The van der Waals surface area contributed by atoms with Crippen LogP contribution in [0.2, 0.25) is 0 Å². The van der Waals surface area contributed by atoms with Gasteiger partial charge in [-0.15, -0.1) is 0 Å². The molecule has 0 radical (unpaired) electrons. The van der Waals surface area contributed by atoms with Gasteiger partial charge < -0.3 is 10.4 Å². The van der Waals surface area contributed by atoms with Crippen molar-refractivity contribution < 1.29 is 19.5 Å². The summed E-state index contributed by atoms with van der Waals surface area (Å²) < 4.78 is 0. The summed E-state index contributed by atoms with van der Waals surface area (Å²) >= 11 is 0. The average molecular weight is 270 g/mol. The maximum atomic E-state index is 11.6. The molecule has 1 aliphatic rings. The van der Waals surface area contributed by atoms with Crippen molar-refractivity contribution in [2.45, 2.75) is 57.9 Å². The molecule has 6 nitrogen and oxygen atoms in total. The first-order valence-electron chi connectivity index (χ1n) is 6.79. The standard InChI is InChI=1S/C13H22N2O4/c1-9-4-2-5-10(8-9)14-13(19)15-11(16)6-3-7-12(17)18/h9-10H,2-8H2,1H3,(H,17,18)(H2,14,15,16,19). The second-order valence-electron chi connectivity index (χ2n) is 5.24. The highest BCUT2D eigenvalue weighted by atomic mass is 16.4. The average Bonchev–Trinajstić information content (AvgIpc) is 2.27. The first kappa shape index (κ1) is 15.5. The SMILES string of the molecule is CC1CCCC(NC(=O)NC(=O)CCCC(=O)O)C1. The fraction of sp³-hybridized carbons (Fsp3) is 0.769. The van der Waals surface area contributed by atoms with Gasteiger partial charge in [0.05, 0.1) is 0 Å². The minimum Gasteiger partial charge on any atom is -0.481 e. The molecule has 2 unspecified atom stereocenters. The summed E-state index contributed by atoms with van der Waals surface area (Å²) in [6, 6.07) is -0.338. The number of carboxylic acids is 1. The van der Waals surface area contributed by atoms with Crippen LogP contribution in [0.15, 0.2) is 0 Å². The molecule has 1 rings (SSSR count). The van der Waals surface area contributed by atoms with E-state index in [0.29, 0.717) is 5.92 Å². The molecular weight excluding hydrogens is 248 g/mol. The highest BCUT2D eigenvalue weighted by molar-refractivity contribution is 5.94. The van der Waals surface area contributed by atoms with Crippen LogP contribution < -0.4 is 10.6 Å². The molecule has 0 spiro atoms. The van der Waals surface area contributed by atoms with Crippen molar-refractivity contribution in [3.63, 3.8) is 0 Å². The number of carboxylic acid groups (broad SMARTS) is 1. The maximum Gasteiger partial charge on any atom is 0.321 e. The van der Waals surface area contributed by atoms with Crippen molar-refractivity contribution in [2.75, 3.05) is 0 Å². The predicted octanol–water partition coefficient (Wildman–Crippen LogP) is 1.65. The molecule has 0 saturated heterocycles. The van der Waals surface area contributed by atoms with Gasteiger partial charge in [0.2, 0.25) is 5.91 Å². The second kappa shape index (κ2) is 7.76. The molecule has 1 aliphatic carbocycles. The van der Waals surface area contributed by atoms with Gasteiger partial charge in [0.15, 0.2) is 0 Å². The van der Waals surface area contributed by atoms with Crippen molar-refractivity contribution >= 4 is 17.9 Å². The van der Waals surface area contributed by atoms with Gasteiger partial charge in [-0.2, -0.15) is 0 Å². The van der Waals surface area contributed by atoms with Gasteiger partial charge in [-0.05, 0) is 25.2 Å². The summed E-state index contributed by atoms with van der Waals surface area (Å²) in [4.78, 5) is 33.2. The fourth-order valence-corrected chi connectivity index (χ4v) is 2.38. The Morgan fingerprint density at radius 1 is 1.21 bits per heavy atom. The van der Waals surface area contributed by atoms with Crippen molar-refractivity contribution in [3.05, 3.63) is 0 Å². The molecule has 0 heterocycles. The maximum absolute atomic E-state index is 11.6. The van der Waals surface area contributed by atoms with Crippen molar-refractivity contribution in [1.82, 2.24) is 10.6 Å². The van der Waals surface area contributed by atoms with Crippen LogP contribution in [0.3, 0.4) is 0 Å². The monoisotopic (exact) mass is 270 g/mol. The number of nitrogens with one attached hydrogen (secondary N) is 2. The first-order chi connectivity index (χ1) is 8.97. The van der Waals surface area contributed by atoms with Crippen LogP contribution in [0.4, 0.5) is 4.79 Å². The molecule has 0 aromatic carbocycles. The molecule has 0 aromatic heterocycles. The number of carbonyl (C=O) groups excluding carboxylic acids is 2. The highest BCUT2D eigenvalue weighted by Crippen LogP contribution is 2.23. The lowest BCUT2D eigenvalue weighted by Gasteiger charge is -2.27. The lowest BCUT2D eigenvalue weighted by molar-refractivity contribution is -0.137. The van der Waals surface area contributed by atoms with Crippen LogP contribution in [0.1, 0.15) is 51.9 Å². The quantitative estimate of drug-likeness (QED) is 0.707. The molecule has 3 amide bonds. The number of rotatable bonds is 5. The molecule has 3 N–H and O–H groups in total. The van der Waals surface area contributed by atoms with Crippen LogP contribution in [0.25, 0.3) is 0 Å². The largest absolute Gasteiger partial charge is 0.481 e. The van der Waals surface area contributed by atoms with E-state index in [1.54, 1.807) is 0 Å². The fourth-order valence-electron chi connectivity index (χ4n) is 2.38. The van der Waals surface area contributed by atoms with Crippen LogP contribution in [0.5, 0.6) is 0 Å². The summed E-state index contributed by atoms with van der Waals surface area (Å²) in [6.07, 6.45) is 4.42. The Morgan fingerprint density at radius 3 is 2.58 bits per heavy atom. The number of aliphatic carboxylic acids is 1. The van der Waals surface area contributed by atoms with E-state index < -0.39 is 17.9 Å². The van der Waals surface area contributed by atoms with E-state index in [0.717, 1.165) is 19.3 Å². The lowest BCUT2D eigenvalue weighted by Crippen LogP contribution is -2.45. The Balaban J connectivity index is 2.19. The number of hydrogen-bond acceptors (Lipinski definition) is 3. The minimum absolute atomic E-state index is 0.0563. The second-order valence-corrected chi connectivity index (χ2v) is 5.24. The van der Waals surface area contributed by atoms with Crippen molar-refractivity contribution in [2.24, 2.45) is 5.92 Å². The minimum atomic E-state index is -0.937. The number of imide groups is 1. The van der Waals surface area contributed by atoms with Gasteiger partial charge >= 0.3 is 12.0 Å². The van der Waals surface area contributed by atoms with Crippen LogP contribution in [0, 0.1) is 5.92 Å². The normalized spacial score (nSPS) is 22.6. The van der Waals surface area contributed by atoms with Crippen molar-refractivity contribution in [3.8, 4) is 0 Å². The molecule has 19 heavy (non-hydrogen) atoms. The Bertz CT molecular complexity index is 344. The predicted molar refractivity (Wildman–Crippen MR) is 69.6 cm³/mol. The van der Waals surface area contributed by atoms with E-state index in [-0.39, 0.29) is 25.3 Å². The molecule has 0 aromatic rings. The Hall–Kier alpha value is -1.59. The van der Waals surface area contributed by atoms with E-state index in [1.807, 2.05) is 0 Å². The molecule has 0 bridgehead atoms. The summed E-state index contributed by atoms with van der Waals surface area (Å²) in [6.45, 7) is 2.16. The molecule has 1 fully saturated rings. The molecule has 6 heteroatoms. The highest BCUT2D eigenvalue weighted by Gasteiger charge is 2.20. The zero-order valence-corrected chi connectivity index (χ0v) is 11.3. The Labute approximate surface area is 112 Å². The van der Waals surface area contributed by atoms with Gasteiger partial charge in [0.25, 0.3) is 0 Å². The number of carbonyl (C=O) groups is 3. The molecule has 0 aliphatic heterocycles. The third-order valence-electron chi connectivity index (χ3n) is 3.32. The molecule has 108 valence electrons. The topological polar surface area (TPSA) is 95.5 Å². The van der Waals surface area contributed by atoms with E-state index in [1.165, 1.54) is 6.42 Å². The summed E-state index contributed by atoms with van der Waals surface area (Å²) in [7, 11) is 0. The third-order valence-corrected chi connectivity index (χ3v) is 3.32. The lowest BCUT2D eigenvalue weighted by atomic mass is 9.87. The summed E-state index contributed by atoms with van der Waals surface area (Å²) in [5.74, 6) is -0.763. The van der Waals surface area contributed by atoms with Crippen LogP contribution in [-0.2, 0) is 9.59 Å². The third kappa shape index (κ3) is 6.79. The number of urea groups is 1. The van der Waals surface area contributed by atoms with Crippen molar-refractivity contribution in [1.29, 1.82) is 0 Å². The zero-order valence-electron chi connectivity index (χ0n) is 11.3. The van der Waals surface area contributed by atoms with E-state index in [9.17, 15) is 14.4 Å². The first-order valence-corrected chi connectivity index (χ1v) is 6.79. The smallest absolute Gasteiger partial charge is 0.321 e. The van der Waals surface area contributed by atoms with Crippen LogP contribution >= 0.6 is 0 Å². The Morgan fingerprint density at radius 2 is 1.95 bits per heavy atom. The van der Waals surface area contributed by atoms with Gasteiger partial charge in [0, 0.05) is 18.9 Å².